The lowest BCUT2D eigenvalue weighted by Crippen LogP contribution is -2.36. The van der Waals surface area contributed by atoms with Crippen molar-refractivity contribution in [1.82, 2.24) is 10.2 Å². The van der Waals surface area contributed by atoms with Gasteiger partial charge in [-0.2, -0.15) is 0 Å². The van der Waals surface area contributed by atoms with Gasteiger partial charge in [0.15, 0.2) is 9.84 Å². The Hall–Kier alpha value is -0.170. The Morgan fingerprint density at radius 1 is 1.19 bits per heavy atom. The third-order valence-electron chi connectivity index (χ3n) is 4.23. The van der Waals surface area contributed by atoms with Gasteiger partial charge in [0.05, 0.1) is 23.7 Å². The Morgan fingerprint density at radius 3 is 2.71 bits per heavy atom. The lowest BCUT2D eigenvalue weighted by molar-refractivity contribution is 0.0245. The number of nitrogens with one attached hydrogen (secondary N) is 1. The van der Waals surface area contributed by atoms with Crippen LogP contribution in [-0.2, 0) is 14.6 Å². The Labute approximate surface area is 129 Å². The van der Waals surface area contributed by atoms with Crippen molar-refractivity contribution >= 4 is 9.84 Å². The second-order valence-electron chi connectivity index (χ2n) is 6.82. The van der Waals surface area contributed by atoms with Crippen LogP contribution in [0.25, 0.3) is 0 Å². The van der Waals surface area contributed by atoms with E-state index in [1.807, 2.05) is 0 Å². The van der Waals surface area contributed by atoms with Gasteiger partial charge in [0.1, 0.15) is 0 Å². The molecule has 2 heterocycles. The van der Waals surface area contributed by atoms with Gasteiger partial charge in [0.25, 0.3) is 0 Å². The van der Waals surface area contributed by atoms with Crippen molar-refractivity contribution in [2.75, 3.05) is 44.2 Å². The van der Waals surface area contributed by atoms with Gasteiger partial charge in [-0.3, -0.25) is 4.90 Å². The van der Waals surface area contributed by atoms with Crippen LogP contribution >= 0.6 is 0 Å². The molecule has 2 aliphatic rings. The first-order valence-electron chi connectivity index (χ1n) is 8.23. The third-order valence-corrected chi connectivity index (χ3v) is 5.95. The Balaban J connectivity index is 1.68. The molecule has 0 saturated carbocycles. The molecular formula is C15H30N2O3S. The smallest absolute Gasteiger partial charge is 0.151 e. The molecule has 5 nitrogen and oxygen atoms in total. The summed E-state index contributed by atoms with van der Waals surface area (Å²) in [6.07, 6.45) is 3.56. The van der Waals surface area contributed by atoms with E-state index < -0.39 is 9.84 Å². The Morgan fingerprint density at radius 2 is 1.95 bits per heavy atom. The standard InChI is InChI=1S/C15H30N2O3S/c1-13(2)10-16-11-14-4-5-15(20-14)12-17-6-3-8-21(18,19)9-7-17/h13-16H,3-12H2,1-2H3. The van der Waals surface area contributed by atoms with Crippen LogP contribution in [-0.4, -0.2) is 69.8 Å². The summed E-state index contributed by atoms with van der Waals surface area (Å²) in [4.78, 5) is 2.26. The molecule has 0 amide bonds. The summed E-state index contributed by atoms with van der Waals surface area (Å²) in [5.41, 5.74) is 0. The van der Waals surface area contributed by atoms with Crippen molar-refractivity contribution in [2.45, 2.75) is 45.3 Å². The minimum absolute atomic E-state index is 0.275. The first-order chi connectivity index (χ1) is 9.94. The summed E-state index contributed by atoms with van der Waals surface area (Å²) in [6, 6.07) is 0. The van der Waals surface area contributed by atoms with Crippen molar-refractivity contribution in [3.8, 4) is 0 Å². The molecule has 2 fully saturated rings. The molecule has 2 saturated heterocycles. The van der Waals surface area contributed by atoms with Crippen molar-refractivity contribution in [3.63, 3.8) is 0 Å². The van der Waals surface area contributed by atoms with Crippen LogP contribution in [0.1, 0.15) is 33.1 Å². The van der Waals surface area contributed by atoms with E-state index in [1.165, 1.54) is 0 Å². The zero-order chi connectivity index (χ0) is 15.3. The van der Waals surface area contributed by atoms with E-state index in [0.717, 1.165) is 45.4 Å². The second kappa shape index (κ2) is 7.90. The molecule has 0 spiro atoms. The highest BCUT2D eigenvalue weighted by atomic mass is 32.2. The van der Waals surface area contributed by atoms with E-state index in [1.54, 1.807) is 0 Å². The molecule has 2 atom stereocenters. The molecule has 6 heteroatoms. The van der Waals surface area contributed by atoms with Crippen molar-refractivity contribution in [1.29, 1.82) is 0 Å². The van der Waals surface area contributed by atoms with Gasteiger partial charge in [-0.1, -0.05) is 13.8 Å². The number of rotatable bonds is 6. The number of nitrogens with zero attached hydrogens (tertiary/aromatic N) is 1. The molecule has 2 aliphatic heterocycles. The van der Waals surface area contributed by atoms with Crippen LogP contribution in [0.15, 0.2) is 0 Å². The van der Waals surface area contributed by atoms with E-state index in [2.05, 4.69) is 24.1 Å². The molecule has 1 N–H and O–H groups in total. The Kier molecular flexibility index (Phi) is 6.47. The molecule has 0 aromatic heterocycles. The van der Waals surface area contributed by atoms with Gasteiger partial charge in [-0.05, 0) is 38.3 Å². The topological polar surface area (TPSA) is 58.6 Å². The van der Waals surface area contributed by atoms with Gasteiger partial charge >= 0.3 is 0 Å². The van der Waals surface area contributed by atoms with Gasteiger partial charge in [-0.25, -0.2) is 8.42 Å². The molecule has 2 unspecified atom stereocenters. The lowest BCUT2D eigenvalue weighted by atomic mass is 10.1. The van der Waals surface area contributed by atoms with Gasteiger partial charge in [-0.15, -0.1) is 0 Å². The number of sulfone groups is 1. The van der Waals surface area contributed by atoms with Crippen LogP contribution in [0.4, 0.5) is 0 Å². The first kappa shape index (κ1) is 17.2. The predicted molar refractivity (Wildman–Crippen MR) is 85.3 cm³/mol. The normalized spacial score (nSPS) is 30.6. The molecule has 2 rings (SSSR count). The average Bonchev–Trinajstić information content (AvgIpc) is 2.75. The quantitative estimate of drug-likeness (QED) is 0.788. The minimum Gasteiger partial charge on any atom is -0.372 e. The van der Waals surface area contributed by atoms with Gasteiger partial charge in [0.2, 0.25) is 0 Å². The van der Waals surface area contributed by atoms with E-state index in [-0.39, 0.29) is 6.10 Å². The van der Waals surface area contributed by atoms with E-state index in [0.29, 0.717) is 30.1 Å². The van der Waals surface area contributed by atoms with Gasteiger partial charge in [0, 0.05) is 19.6 Å². The molecule has 0 aromatic rings. The van der Waals surface area contributed by atoms with Crippen molar-refractivity contribution < 1.29 is 13.2 Å². The zero-order valence-corrected chi connectivity index (χ0v) is 14.2. The number of hydrogen-bond donors (Lipinski definition) is 1. The monoisotopic (exact) mass is 318 g/mol. The van der Waals surface area contributed by atoms with E-state index in [9.17, 15) is 8.42 Å². The van der Waals surface area contributed by atoms with Crippen LogP contribution in [0.3, 0.4) is 0 Å². The highest BCUT2D eigenvalue weighted by molar-refractivity contribution is 7.91. The first-order valence-corrected chi connectivity index (χ1v) is 10.1. The lowest BCUT2D eigenvalue weighted by Gasteiger charge is -2.23. The van der Waals surface area contributed by atoms with Gasteiger partial charge < -0.3 is 10.1 Å². The average molecular weight is 318 g/mol. The molecular weight excluding hydrogens is 288 g/mol. The summed E-state index contributed by atoms with van der Waals surface area (Å²) in [5.74, 6) is 1.32. The molecule has 21 heavy (non-hydrogen) atoms. The van der Waals surface area contributed by atoms with Crippen LogP contribution in [0, 0.1) is 5.92 Å². The summed E-state index contributed by atoms with van der Waals surface area (Å²) < 4.78 is 29.3. The van der Waals surface area contributed by atoms with Crippen LogP contribution < -0.4 is 5.32 Å². The van der Waals surface area contributed by atoms with Crippen molar-refractivity contribution in [2.24, 2.45) is 5.92 Å². The maximum atomic E-state index is 11.6. The summed E-state index contributed by atoms with van der Waals surface area (Å²) in [6.45, 7) is 8.82. The minimum atomic E-state index is -2.81. The van der Waals surface area contributed by atoms with E-state index in [4.69, 9.17) is 4.74 Å². The van der Waals surface area contributed by atoms with E-state index >= 15 is 0 Å². The second-order valence-corrected chi connectivity index (χ2v) is 9.12. The largest absolute Gasteiger partial charge is 0.372 e. The highest BCUT2D eigenvalue weighted by Crippen LogP contribution is 2.21. The molecule has 0 aromatic carbocycles. The molecule has 0 radical (unpaired) electrons. The van der Waals surface area contributed by atoms with Crippen molar-refractivity contribution in [3.05, 3.63) is 0 Å². The Bertz CT molecular complexity index is 411. The fourth-order valence-electron chi connectivity index (χ4n) is 3.06. The summed E-state index contributed by atoms with van der Waals surface area (Å²) in [7, 11) is -2.81. The highest BCUT2D eigenvalue weighted by Gasteiger charge is 2.28. The summed E-state index contributed by atoms with van der Waals surface area (Å²) >= 11 is 0. The van der Waals surface area contributed by atoms with Crippen LogP contribution in [0.2, 0.25) is 0 Å². The fourth-order valence-corrected chi connectivity index (χ4v) is 4.37. The maximum absolute atomic E-state index is 11.6. The number of ether oxygens (including phenoxy) is 1. The SMILES string of the molecule is CC(C)CNCC1CCC(CN2CCCS(=O)(=O)CC2)O1. The molecule has 0 aliphatic carbocycles. The zero-order valence-electron chi connectivity index (χ0n) is 13.4. The van der Waals surface area contributed by atoms with Crippen LogP contribution in [0.5, 0.6) is 0 Å². The predicted octanol–water partition coefficient (Wildman–Crippen LogP) is 0.900. The third kappa shape index (κ3) is 6.22. The maximum Gasteiger partial charge on any atom is 0.151 e. The molecule has 0 bridgehead atoms. The summed E-state index contributed by atoms with van der Waals surface area (Å²) in [5, 5.41) is 3.45. The fraction of sp³-hybridized carbons (Fsp3) is 1.00. The number of hydrogen-bond acceptors (Lipinski definition) is 5. The molecule has 124 valence electrons.